The number of Topliss-reactive ketones (excluding diaryl/α,β-unsaturated/α-hetero) is 1. The molecule has 2 heterocycles. The number of carbonyl (C=O) groups excluding carboxylic acids is 4. The number of nitrogens with one attached hydrogen (secondary N) is 2. The number of ether oxygens (including phenoxy) is 1. The van der Waals surface area contributed by atoms with Crippen LogP contribution in [0.15, 0.2) is 12.2 Å². The summed E-state index contributed by atoms with van der Waals surface area (Å²) in [5.41, 5.74) is 0. The highest BCUT2D eigenvalue weighted by Crippen LogP contribution is 2.24. The van der Waals surface area contributed by atoms with Crippen LogP contribution >= 0.6 is 21.6 Å². The van der Waals surface area contributed by atoms with Gasteiger partial charge in [-0.15, -0.1) is 0 Å². The van der Waals surface area contributed by atoms with Gasteiger partial charge in [-0.05, 0) is 18.4 Å². The second-order valence-electron chi connectivity index (χ2n) is 8.31. The lowest BCUT2D eigenvalue weighted by molar-refractivity contribution is -0.151. The minimum absolute atomic E-state index is 0.0127. The minimum atomic E-state index is -1.16. The third kappa shape index (κ3) is 8.50. The average Bonchev–Trinajstić information content (AvgIpc) is 2.68. The minimum Gasteiger partial charge on any atom is -0.458 e. The van der Waals surface area contributed by atoms with Crippen molar-refractivity contribution >= 4 is 45.2 Å². The number of fused-ring (bicyclic) bond motifs is 7. The van der Waals surface area contributed by atoms with Crippen LogP contribution in [0.1, 0.15) is 46.5 Å². The molecule has 0 aromatic heterocycles. The zero-order chi connectivity index (χ0) is 23.0. The molecular formula is C21H32N2O6S2. The van der Waals surface area contributed by atoms with Crippen LogP contribution < -0.4 is 10.6 Å². The molecule has 0 saturated carbocycles. The van der Waals surface area contributed by atoms with Crippen molar-refractivity contribution in [3.63, 3.8) is 0 Å². The molecule has 5 atom stereocenters. The van der Waals surface area contributed by atoms with Crippen molar-refractivity contribution in [3.05, 3.63) is 12.2 Å². The van der Waals surface area contributed by atoms with Gasteiger partial charge in [0.25, 0.3) is 0 Å². The molecule has 8 nitrogen and oxygen atoms in total. The molecule has 174 valence electrons. The average molecular weight is 473 g/mol. The summed E-state index contributed by atoms with van der Waals surface area (Å²) >= 11 is 0. The van der Waals surface area contributed by atoms with Crippen LogP contribution in [-0.4, -0.2) is 64.5 Å². The third-order valence-electron chi connectivity index (χ3n) is 5.18. The maximum Gasteiger partial charge on any atom is 0.309 e. The predicted molar refractivity (Wildman–Crippen MR) is 121 cm³/mol. The van der Waals surface area contributed by atoms with Crippen molar-refractivity contribution in [3.8, 4) is 0 Å². The fourth-order valence-corrected chi connectivity index (χ4v) is 5.57. The van der Waals surface area contributed by atoms with Gasteiger partial charge in [-0.2, -0.15) is 0 Å². The van der Waals surface area contributed by atoms with Crippen molar-refractivity contribution in [2.75, 3.05) is 11.5 Å². The van der Waals surface area contributed by atoms with Crippen molar-refractivity contribution in [1.29, 1.82) is 0 Å². The molecule has 10 heteroatoms. The highest BCUT2D eigenvalue weighted by Gasteiger charge is 2.32. The summed E-state index contributed by atoms with van der Waals surface area (Å²) in [5.74, 6) is -1.32. The SMILES string of the molecule is CC(C)C1NC(=O)[C@H]2CSSCC/C=C/C(CC(=O)C[C@H](C)C(=O)N2)OC(=O)C[C@@H]1O. The number of amides is 2. The zero-order valence-corrected chi connectivity index (χ0v) is 19.8. The molecule has 2 aliphatic heterocycles. The summed E-state index contributed by atoms with van der Waals surface area (Å²) in [5, 5.41) is 16.2. The molecule has 0 radical (unpaired) electrons. The molecule has 1 saturated heterocycles. The standard InChI is InChI=1S/C21H32N2O6S2/c1-12(2)19-17(25)10-18(26)29-15-6-4-5-7-30-31-11-16(21(28)23-19)22-20(27)13(3)8-14(24)9-15/h4,6,12-13,15-17,19,25H,5,7-11H2,1-3H3,(H,22,27)(H,23,28)/b6-4+/t13-,15?,16+,17-,19?/m0/s1. The van der Waals surface area contributed by atoms with E-state index in [1.54, 1.807) is 23.8 Å². The fourth-order valence-electron chi connectivity index (χ4n) is 3.41. The van der Waals surface area contributed by atoms with Crippen molar-refractivity contribution in [1.82, 2.24) is 10.6 Å². The van der Waals surface area contributed by atoms with Gasteiger partial charge in [0.2, 0.25) is 11.8 Å². The lowest BCUT2D eigenvalue weighted by Gasteiger charge is -2.29. The first-order valence-corrected chi connectivity index (χ1v) is 13.1. The normalized spacial score (nSPS) is 33.4. The Hall–Kier alpha value is -1.52. The van der Waals surface area contributed by atoms with Crippen LogP contribution in [0, 0.1) is 11.8 Å². The van der Waals surface area contributed by atoms with E-state index in [2.05, 4.69) is 10.6 Å². The number of rotatable bonds is 1. The predicted octanol–water partition coefficient (Wildman–Crippen LogP) is 1.62. The first-order valence-electron chi connectivity index (χ1n) is 10.6. The topological polar surface area (TPSA) is 122 Å². The molecule has 3 N–H and O–H groups in total. The summed E-state index contributed by atoms with van der Waals surface area (Å²) in [7, 11) is 3.06. The van der Waals surface area contributed by atoms with Crippen LogP contribution in [-0.2, 0) is 23.9 Å². The number of hydrogen-bond acceptors (Lipinski definition) is 8. The van der Waals surface area contributed by atoms with E-state index < -0.39 is 42.1 Å². The Morgan fingerprint density at radius 2 is 1.81 bits per heavy atom. The van der Waals surface area contributed by atoms with E-state index in [9.17, 15) is 24.3 Å². The number of esters is 1. The lowest BCUT2D eigenvalue weighted by atomic mass is 9.96. The number of aliphatic hydroxyl groups excluding tert-OH is 1. The summed E-state index contributed by atoms with van der Waals surface area (Å²) in [6.07, 6.45) is 2.01. The van der Waals surface area contributed by atoms with E-state index in [1.807, 2.05) is 19.9 Å². The van der Waals surface area contributed by atoms with Crippen molar-refractivity contribution in [2.24, 2.45) is 11.8 Å². The van der Waals surface area contributed by atoms with E-state index in [1.165, 1.54) is 10.8 Å². The number of allylic oxidation sites excluding steroid dienone is 1. The van der Waals surface area contributed by atoms with Gasteiger partial charge in [-0.25, -0.2) is 0 Å². The van der Waals surface area contributed by atoms with Crippen LogP contribution in [0.2, 0.25) is 0 Å². The Morgan fingerprint density at radius 1 is 1.06 bits per heavy atom. The maximum absolute atomic E-state index is 13.0. The Bertz CT molecular complexity index is 699. The quantitative estimate of drug-likeness (QED) is 0.299. The van der Waals surface area contributed by atoms with Crippen LogP contribution in [0.3, 0.4) is 0 Å². The summed E-state index contributed by atoms with van der Waals surface area (Å²) in [6, 6.07) is -1.51. The maximum atomic E-state index is 13.0. The van der Waals surface area contributed by atoms with Gasteiger partial charge in [0.05, 0.1) is 18.6 Å². The molecule has 0 aromatic carbocycles. The number of carbonyl (C=O) groups is 4. The zero-order valence-electron chi connectivity index (χ0n) is 18.2. The molecule has 0 aliphatic carbocycles. The smallest absolute Gasteiger partial charge is 0.309 e. The van der Waals surface area contributed by atoms with Crippen LogP contribution in [0.5, 0.6) is 0 Å². The summed E-state index contributed by atoms with van der Waals surface area (Å²) in [4.78, 5) is 50.6. The van der Waals surface area contributed by atoms with Crippen molar-refractivity contribution in [2.45, 2.75) is 70.7 Å². The lowest BCUT2D eigenvalue weighted by Crippen LogP contribution is -2.55. The Morgan fingerprint density at radius 3 is 2.52 bits per heavy atom. The highest BCUT2D eigenvalue weighted by molar-refractivity contribution is 8.76. The Labute approximate surface area is 191 Å². The van der Waals surface area contributed by atoms with Gasteiger partial charge >= 0.3 is 5.97 Å². The van der Waals surface area contributed by atoms with Crippen LogP contribution in [0.25, 0.3) is 0 Å². The molecule has 0 aromatic rings. The number of aliphatic hydroxyl groups is 1. The molecule has 0 spiro atoms. The second-order valence-corrected chi connectivity index (χ2v) is 10.9. The second kappa shape index (κ2) is 12.5. The van der Waals surface area contributed by atoms with Gasteiger partial charge in [-0.3, -0.25) is 19.2 Å². The molecule has 2 amide bonds. The van der Waals surface area contributed by atoms with E-state index in [-0.39, 0.29) is 36.9 Å². The van der Waals surface area contributed by atoms with Crippen LogP contribution in [0.4, 0.5) is 0 Å². The van der Waals surface area contributed by atoms with Gasteiger partial charge < -0.3 is 20.5 Å². The fraction of sp³-hybridized carbons (Fsp3) is 0.714. The summed E-state index contributed by atoms with van der Waals surface area (Å²) in [6.45, 7) is 5.30. The molecule has 2 bridgehead atoms. The highest BCUT2D eigenvalue weighted by atomic mass is 33.1. The van der Waals surface area contributed by atoms with Crippen molar-refractivity contribution < 1.29 is 29.0 Å². The molecule has 2 aliphatic rings. The van der Waals surface area contributed by atoms with Gasteiger partial charge in [0.1, 0.15) is 17.9 Å². The molecular weight excluding hydrogens is 440 g/mol. The van der Waals surface area contributed by atoms with Gasteiger partial charge in [0, 0.05) is 30.3 Å². The van der Waals surface area contributed by atoms with Gasteiger partial charge in [-0.1, -0.05) is 48.4 Å². The molecule has 31 heavy (non-hydrogen) atoms. The van der Waals surface area contributed by atoms with E-state index >= 15 is 0 Å². The monoisotopic (exact) mass is 472 g/mol. The first-order chi connectivity index (χ1) is 14.7. The van der Waals surface area contributed by atoms with E-state index in [0.29, 0.717) is 12.2 Å². The largest absolute Gasteiger partial charge is 0.458 e. The molecule has 1 fully saturated rings. The third-order valence-corrected chi connectivity index (χ3v) is 7.63. The van der Waals surface area contributed by atoms with E-state index in [4.69, 9.17) is 4.74 Å². The number of hydrogen-bond donors (Lipinski definition) is 3. The summed E-state index contributed by atoms with van der Waals surface area (Å²) < 4.78 is 5.47. The Kier molecular flexibility index (Phi) is 10.4. The van der Waals surface area contributed by atoms with Gasteiger partial charge in [0.15, 0.2) is 0 Å². The Balaban J connectivity index is 2.41. The molecule has 2 unspecified atom stereocenters. The molecule has 2 rings (SSSR count). The van der Waals surface area contributed by atoms with E-state index in [0.717, 1.165) is 5.75 Å². The first kappa shape index (κ1) is 25.7. The number of ketones is 1.